The molecule has 106 valence electrons. The summed E-state index contributed by atoms with van der Waals surface area (Å²) in [6, 6.07) is 1.16. The Morgan fingerprint density at radius 1 is 1.47 bits per heavy atom. The van der Waals surface area contributed by atoms with Gasteiger partial charge in [0.1, 0.15) is 5.75 Å². The number of hydrogen-bond donors (Lipinski definition) is 1. The monoisotopic (exact) mass is 274 g/mol. The minimum Gasteiger partial charge on any atom is -0.495 e. The van der Waals surface area contributed by atoms with Crippen LogP contribution >= 0.6 is 0 Å². The van der Waals surface area contributed by atoms with Crippen molar-refractivity contribution in [3.63, 3.8) is 0 Å². The third kappa shape index (κ3) is 3.85. The third-order valence-corrected chi connectivity index (χ3v) is 2.44. The van der Waals surface area contributed by atoms with Gasteiger partial charge in [0, 0.05) is 12.1 Å². The minimum absolute atomic E-state index is 0.0303. The first-order valence-corrected chi connectivity index (χ1v) is 5.73. The fourth-order valence-electron chi connectivity index (χ4n) is 1.59. The lowest BCUT2D eigenvalue weighted by Crippen LogP contribution is -2.14. The molecular weight excluding hydrogens is 258 g/mol. The summed E-state index contributed by atoms with van der Waals surface area (Å²) in [5.74, 6) is -0.421. The second-order valence-electron chi connectivity index (χ2n) is 3.66. The number of methoxy groups -OCH3 is 1. The average molecular weight is 274 g/mol. The van der Waals surface area contributed by atoms with Gasteiger partial charge in [-0.25, -0.2) is 8.78 Å². The van der Waals surface area contributed by atoms with Gasteiger partial charge in [-0.05, 0) is 13.0 Å². The standard InChI is InChI=1S/C12H16F2N2O3/c1-3-19-11(17)5-8-7(12(13)14)4-10(18-2)9(6-15)16-8/h4,12H,3,5-6,15H2,1-2H3. The summed E-state index contributed by atoms with van der Waals surface area (Å²) in [7, 11) is 1.34. The van der Waals surface area contributed by atoms with Crippen molar-refractivity contribution in [2.24, 2.45) is 5.73 Å². The highest BCUT2D eigenvalue weighted by atomic mass is 19.3. The fourth-order valence-corrected chi connectivity index (χ4v) is 1.59. The number of carbonyl (C=O) groups excluding carboxylic acids is 1. The van der Waals surface area contributed by atoms with Gasteiger partial charge >= 0.3 is 5.97 Å². The molecule has 0 radical (unpaired) electrons. The van der Waals surface area contributed by atoms with Crippen LogP contribution in [0.25, 0.3) is 0 Å². The van der Waals surface area contributed by atoms with E-state index >= 15 is 0 Å². The molecule has 0 spiro atoms. The molecular formula is C12H16F2N2O3. The smallest absolute Gasteiger partial charge is 0.311 e. The van der Waals surface area contributed by atoms with Crippen LogP contribution in [0.4, 0.5) is 8.78 Å². The molecule has 1 heterocycles. The summed E-state index contributed by atoms with van der Waals surface area (Å²) in [5, 5.41) is 0. The highest BCUT2D eigenvalue weighted by molar-refractivity contribution is 5.72. The van der Waals surface area contributed by atoms with Crippen molar-refractivity contribution in [1.82, 2.24) is 4.98 Å². The van der Waals surface area contributed by atoms with E-state index in [1.54, 1.807) is 6.92 Å². The minimum atomic E-state index is -2.75. The summed E-state index contributed by atoms with van der Waals surface area (Å²) in [6.45, 7) is 1.85. The highest BCUT2D eigenvalue weighted by Crippen LogP contribution is 2.28. The Labute approximate surface area is 109 Å². The number of rotatable bonds is 6. The molecule has 0 aliphatic carbocycles. The Morgan fingerprint density at radius 2 is 2.16 bits per heavy atom. The zero-order valence-corrected chi connectivity index (χ0v) is 10.8. The predicted molar refractivity (Wildman–Crippen MR) is 64.0 cm³/mol. The molecule has 0 atom stereocenters. The summed E-state index contributed by atoms with van der Waals surface area (Å²) >= 11 is 0. The lowest BCUT2D eigenvalue weighted by molar-refractivity contribution is -0.142. The molecule has 0 aliphatic heterocycles. The molecule has 0 saturated carbocycles. The normalized spacial score (nSPS) is 10.6. The van der Waals surface area contributed by atoms with E-state index in [1.807, 2.05) is 0 Å². The van der Waals surface area contributed by atoms with Gasteiger partial charge in [0.15, 0.2) is 0 Å². The molecule has 0 amide bonds. The largest absolute Gasteiger partial charge is 0.495 e. The number of nitrogens with zero attached hydrogens (tertiary/aromatic N) is 1. The summed E-state index contributed by atoms with van der Waals surface area (Å²) in [5.41, 5.74) is 5.41. The van der Waals surface area contributed by atoms with Gasteiger partial charge in [0.25, 0.3) is 6.43 Å². The Bertz CT molecular complexity index is 453. The summed E-state index contributed by atoms with van der Waals surface area (Å²) in [4.78, 5) is 15.3. The molecule has 0 bridgehead atoms. The maximum absolute atomic E-state index is 12.9. The van der Waals surface area contributed by atoms with Crippen LogP contribution in [-0.4, -0.2) is 24.7 Å². The van der Waals surface area contributed by atoms with Crippen molar-refractivity contribution in [3.8, 4) is 5.75 Å². The molecule has 5 nitrogen and oxygen atoms in total. The lowest BCUT2D eigenvalue weighted by Gasteiger charge is -2.13. The number of halogens is 2. The molecule has 0 saturated heterocycles. The van der Waals surface area contributed by atoms with E-state index < -0.39 is 12.4 Å². The fraction of sp³-hybridized carbons (Fsp3) is 0.500. The van der Waals surface area contributed by atoms with E-state index in [4.69, 9.17) is 15.2 Å². The molecule has 0 aromatic carbocycles. The first-order valence-electron chi connectivity index (χ1n) is 5.73. The molecule has 0 fully saturated rings. The van der Waals surface area contributed by atoms with E-state index in [9.17, 15) is 13.6 Å². The number of aromatic nitrogens is 1. The van der Waals surface area contributed by atoms with Crippen LogP contribution in [0.1, 0.15) is 30.3 Å². The van der Waals surface area contributed by atoms with Gasteiger partial charge in [-0.1, -0.05) is 0 Å². The van der Waals surface area contributed by atoms with Crippen molar-refractivity contribution in [3.05, 3.63) is 23.0 Å². The van der Waals surface area contributed by atoms with E-state index in [2.05, 4.69) is 4.98 Å². The SMILES string of the molecule is CCOC(=O)Cc1nc(CN)c(OC)cc1C(F)F. The van der Waals surface area contributed by atoms with Crippen LogP contribution in [0.3, 0.4) is 0 Å². The van der Waals surface area contributed by atoms with Gasteiger partial charge in [-0.15, -0.1) is 0 Å². The van der Waals surface area contributed by atoms with Crippen molar-refractivity contribution < 1.29 is 23.0 Å². The second-order valence-corrected chi connectivity index (χ2v) is 3.66. The van der Waals surface area contributed by atoms with Crippen molar-refractivity contribution >= 4 is 5.97 Å². The maximum atomic E-state index is 12.9. The first kappa shape index (κ1) is 15.3. The lowest BCUT2D eigenvalue weighted by atomic mass is 10.1. The number of nitrogens with two attached hydrogens (primary N) is 1. The third-order valence-electron chi connectivity index (χ3n) is 2.44. The number of alkyl halides is 2. The zero-order valence-electron chi connectivity index (χ0n) is 10.8. The van der Waals surface area contributed by atoms with Gasteiger partial charge in [-0.3, -0.25) is 9.78 Å². The van der Waals surface area contributed by atoms with Gasteiger partial charge in [-0.2, -0.15) is 0 Å². The Hall–Kier alpha value is -1.76. The molecule has 2 N–H and O–H groups in total. The average Bonchev–Trinajstić information content (AvgIpc) is 2.38. The predicted octanol–water partition coefficient (Wildman–Crippen LogP) is 1.59. The quantitative estimate of drug-likeness (QED) is 0.797. The van der Waals surface area contributed by atoms with Crippen LogP contribution in [0.15, 0.2) is 6.07 Å². The van der Waals surface area contributed by atoms with Crippen LogP contribution in [0.5, 0.6) is 5.75 Å². The zero-order chi connectivity index (χ0) is 14.4. The van der Waals surface area contributed by atoms with Gasteiger partial charge in [0.2, 0.25) is 0 Å². The Morgan fingerprint density at radius 3 is 2.63 bits per heavy atom. The van der Waals surface area contributed by atoms with Crippen molar-refractivity contribution in [1.29, 1.82) is 0 Å². The summed E-state index contributed by atoms with van der Waals surface area (Å²) < 4.78 is 35.5. The molecule has 1 aromatic heterocycles. The Kier molecular flexibility index (Phi) is 5.62. The van der Waals surface area contributed by atoms with Crippen LogP contribution < -0.4 is 10.5 Å². The number of hydrogen-bond acceptors (Lipinski definition) is 5. The van der Waals surface area contributed by atoms with Gasteiger partial charge in [0.05, 0.1) is 31.5 Å². The number of pyridine rings is 1. The van der Waals surface area contributed by atoms with Gasteiger partial charge < -0.3 is 15.2 Å². The molecule has 7 heteroatoms. The van der Waals surface area contributed by atoms with E-state index in [0.717, 1.165) is 6.07 Å². The van der Waals surface area contributed by atoms with E-state index in [-0.39, 0.29) is 36.6 Å². The van der Waals surface area contributed by atoms with Crippen LogP contribution in [-0.2, 0) is 22.5 Å². The van der Waals surface area contributed by atoms with Crippen LogP contribution in [0.2, 0.25) is 0 Å². The second kappa shape index (κ2) is 6.98. The first-order chi connectivity index (χ1) is 9.03. The Balaban J connectivity index is 3.16. The van der Waals surface area contributed by atoms with Crippen LogP contribution in [0, 0.1) is 0 Å². The van der Waals surface area contributed by atoms with E-state index in [0.29, 0.717) is 5.69 Å². The molecule has 19 heavy (non-hydrogen) atoms. The maximum Gasteiger partial charge on any atom is 0.311 e. The molecule has 1 rings (SSSR count). The highest BCUT2D eigenvalue weighted by Gasteiger charge is 2.20. The van der Waals surface area contributed by atoms with Crippen molar-refractivity contribution in [2.45, 2.75) is 26.3 Å². The topological polar surface area (TPSA) is 74.4 Å². The summed E-state index contributed by atoms with van der Waals surface area (Å²) in [6.07, 6.45) is -3.07. The molecule has 0 unspecified atom stereocenters. The van der Waals surface area contributed by atoms with Crippen molar-refractivity contribution in [2.75, 3.05) is 13.7 Å². The number of ether oxygens (including phenoxy) is 2. The molecule has 0 aliphatic rings. The number of carbonyl (C=O) groups is 1. The molecule has 1 aromatic rings. The number of esters is 1. The van der Waals surface area contributed by atoms with E-state index in [1.165, 1.54) is 7.11 Å².